The number of primary amides is 1. The number of hydrogen-bond donors (Lipinski definition) is 2. The number of thiophene rings is 1. The van der Waals surface area contributed by atoms with Gasteiger partial charge in [-0.05, 0) is 47.6 Å². The summed E-state index contributed by atoms with van der Waals surface area (Å²) in [6, 6.07) is 3.26. The SMILES string of the molecule is CNC(=O)c1ccc(Oc2sc(C(N)=O)c3c2-c2sncc2CC3)cn1. The summed E-state index contributed by atoms with van der Waals surface area (Å²) in [7, 11) is 1.55. The van der Waals surface area contributed by atoms with Gasteiger partial charge in [0.15, 0.2) is 5.06 Å². The summed E-state index contributed by atoms with van der Waals surface area (Å²) >= 11 is 2.62. The van der Waals surface area contributed by atoms with Gasteiger partial charge in [0.25, 0.3) is 11.8 Å². The summed E-state index contributed by atoms with van der Waals surface area (Å²) in [4.78, 5) is 29.1. The summed E-state index contributed by atoms with van der Waals surface area (Å²) in [5, 5.41) is 3.11. The van der Waals surface area contributed by atoms with Crippen LogP contribution in [0.1, 0.15) is 31.3 Å². The van der Waals surface area contributed by atoms with E-state index >= 15 is 0 Å². The van der Waals surface area contributed by atoms with E-state index in [4.69, 9.17) is 10.5 Å². The van der Waals surface area contributed by atoms with E-state index in [-0.39, 0.29) is 5.91 Å². The molecule has 0 atom stereocenters. The van der Waals surface area contributed by atoms with Crippen molar-refractivity contribution < 1.29 is 14.3 Å². The maximum absolute atomic E-state index is 11.8. The summed E-state index contributed by atoms with van der Waals surface area (Å²) in [5.74, 6) is -0.244. The van der Waals surface area contributed by atoms with Crippen LogP contribution in [0.2, 0.25) is 0 Å². The lowest BCUT2D eigenvalue weighted by Crippen LogP contribution is -2.18. The Balaban J connectivity index is 1.74. The number of carbonyl (C=O) groups excluding carboxylic acids is 2. The molecule has 26 heavy (non-hydrogen) atoms. The van der Waals surface area contributed by atoms with Crippen LogP contribution in [-0.4, -0.2) is 28.2 Å². The van der Waals surface area contributed by atoms with Gasteiger partial charge in [-0.2, -0.15) is 0 Å². The maximum atomic E-state index is 11.8. The zero-order valence-electron chi connectivity index (χ0n) is 13.7. The number of aryl methyl sites for hydroxylation is 1. The maximum Gasteiger partial charge on any atom is 0.269 e. The van der Waals surface area contributed by atoms with Gasteiger partial charge in [0.2, 0.25) is 0 Å². The molecule has 0 aliphatic heterocycles. The molecule has 3 aromatic rings. The van der Waals surface area contributed by atoms with Crippen LogP contribution in [0.5, 0.6) is 10.8 Å². The number of fused-ring (bicyclic) bond motifs is 3. The van der Waals surface area contributed by atoms with Crippen molar-refractivity contribution in [2.24, 2.45) is 5.73 Å². The van der Waals surface area contributed by atoms with Crippen molar-refractivity contribution in [1.29, 1.82) is 0 Å². The highest BCUT2D eigenvalue weighted by molar-refractivity contribution is 7.17. The highest BCUT2D eigenvalue weighted by Crippen LogP contribution is 2.49. The summed E-state index contributed by atoms with van der Waals surface area (Å²) in [6.45, 7) is 0. The molecule has 0 saturated carbocycles. The number of ether oxygens (including phenoxy) is 1. The fourth-order valence-corrected chi connectivity index (χ4v) is 4.90. The lowest BCUT2D eigenvalue weighted by Gasteiger charge is -2.14. The Bertz CT molecular complexity index is 1010. The number of nitrogens with two attached hydrogens (primary N) is 1. The Morgan fingerprint density at radius 1 is 1.27 bits per heavy atom. The van der Waals surface area contributed by atoms with Gasteiger partial charge >= 0.3 is 0 Å². The van der Waals surface area contributed by atoms with Gasteiger partial charge in [-0.3, -0.25) is 9.59 Å². The normalized spacial score (nSPS) is 12.2. The first kappa shape index (κ1) is 16.7. The van der Waals surface area contributed by atoms with Gasteiger partial charge in [0.05, 0.1) is 21.5 Å². The van der Waals surface area contributed by atoms with Crippen molar-refractivity contribution in [2.75, 3.05) is 7.05 Å². The van der Waals surface area contributed by atoms with Gasteiger partial charge in [-0.15, -0.1) is 0 Å². The number of nitrogens with zero attached hydrogens (tertiary/aromatic N) is 2. The minimum absolute atomic E-state index is 0.268. The van der Waals surface area contributed by atoms with Gasteiger partial charge in [-0.1, -0.05) is 11.3 Å². The molecule has 0 fully saturated rings. The van der Waals surface area contributed by atoms with Gasteiger partial charge < -0.3 is 15.8 Å². The molecule has 0 spiro atoms. The highest BCUT2D eigenvalue weighted by atomic mass is 32.1. The molecule has 0 bridgehead atoms. The second-order valence-corrected chi connectivity index (χ2v) is 7.46. The zero-order valence-corrected chi connectivity index (χ0v) is 15.4. The topological polar surface area (TPSA) is 107 Å². The Hall–Kier alpha value is -2.78. The van der Waals surface area contributed by atoms with E-state index in [1.807, 2.05) is 6.20 Å². The summed E-state index contributed by atoms with van der Waals surface area (Å²) < 4.78 is 10.3. The Kier molecular flexibility index (Phi) is 4.17. The van der Waals surface area contributed by atoms with E-state index < -0.39 is 5.91 Å². The van der Waals surface area contributed by atoms with E-state index in [0.717, 1.165) is 34.4 Å². The van der Waals surface area contributed by atoms with E-state index in [0.29, 0.717) is 21.4 Å². The van der Waals surface area contributed by atoms with Crippen LogP contribution in [-0.2, 0) is 12.8 Å². The molecule has 1 aliphatic rings. The van der Waals surface area contributed by atoms with Gasteiger partial charge in [0, 0.05) is 13.2 Å². The van der Waals surface area contributed by atoms with Crippen molar-refractivity contribution in [3.63, 3.8) is 0 Å². The molecule has 3 aromatic heterocycles. The minimum Gasteiger partial charge on any atom is -0.444 e. The van der Waals surface area contributed by atoms with Crippen molar-refractivity contribution in [2.45, 2.75) is 12.8 Å². The van der Waals surface area contributed by atoms with Crippen LogP contribution in [0.15, 0.2) is 24.5 Å². The second kappa shape index (κ2) is 6.50. The van der Waals surface area contributed by atoms with E-state index in [1.54, 1.807) is 19.2 Å². The third kappa shape index (κ3) is 2.74. The average molecular weight is 386 g/mol. The first-order chi connectivity index (χ1) is 12.6. The Morgan fingerprint density at radius 3 is 2.81 bits per heavy atom. The molecule has 9 heteroatoms. The Morgan fingerprint density at radius 2 is 2.12 bits per heavy atom. The number of aromatic nitrogens is 2. The highest BCUT2D eigenvalue weighted by Gasteiger charge is 2.30. The van der Waals surface area contributed by atoms with Crippen molar-refractivity contribution in [3.8, 4) is 21.3 Å². The molecule has 3 heterocycles. The molecule has 0 unspecified atom stereocenters. The van der Waals surface area contributed by atoms with Crippen molar-refractivity contribution in [1.82, 2.24) is 14.7 Å². The van der Waals surface area contributed by atoms with Gasteiger partial charge in [0.1, 0.15) is 11.4 Å². The lowest BCUT2D eigenvalue weighted by molar-refractivity contribution is 0.0956. The minimum atomic E-state index is -0.456. The third-order valence-electron chi connectivity index (χ3n) is 4.12. The third-order valence-corrected chi connectivity index (χ3v) is 6.10. The fraction of sp³-hybridized carbons (Fsp3) is 0.176. The smallest absolute Gasteiger partial charge is 0.269 e. The number of nitrogens with one attached hydrogen (secondary N) is 1. The molecule has 1 aliphatic carbocycles. The molecule has 132 valence electrons. The largest absolute Gasteiger partial charge is 0.444 e. The van der Waals surface area contributed by atoms with E-state index in [1.165, 1.54) is 29.1 Å². The predicted octanol–water partition coefficient (Wildman–Crippen LogP) is 2.62. The van der Waals surface area contributed by atoms with Crippen molar-refractivity contribution in [3.05, 3.63) is 46.2 Å². The number of amides is 2. The van der Waals surface area contributed by atoms with Crippen molar-refractivity contribution >= 4 is 34.7 Å². The molecular formula is C17H14N4O3S2. The molecule has 3 N–H and O–H groups in total. The van der Waals surface area contributed by atoms with Crippen LogP contribution >= 0.6 is 22.9 Å². The molecular weight excluding hydrogens is 372 g/mol. The number of rotatable bonds is 4. The summed E-state index contributed by atoms with van der Waals surface area (Å²) in [5.41, 5.74) is 8.82. The standard InChI is InChI=1S/C17H14N4O3S2/c1-19-16(23)11-5-3-9(7-20-11)24-17-12-10(14(25-17)15(18)22)4-2-8-6-21-26-13(8)12/h3,5-7H,2,4H2,1H3,(H2,18,22)(H,19,23). The van der Waals surface area contributed by atoms with E-state index in [2.05, 4.69) is 14.7 Å². The van der Waals surface area contributed by atoms with Crippen LogP contribution in [0.25, 0.3) is 10.4 Å². The molecule has 2 amide bonds. The average Bonchev–Trinajstić information content (AvgIpc) is 3.26. The molecule has 0 radical (unpaired) electrons. The van der Waals surface area contributed by atoms with E-state index in [9.17, 15) is 9.59 Å². The summed E-state index contributed by atoms with van der Waals surface area (Å²) in [6.07, 6.45) is 4.90. The number of carbonyl (C=O) groups is 2. The zero-order chi connectivity index (χ0) is 18.3. The monoisotopic (exact) mass is 386 g/mol. The lowest BCUT2D eigenvalue weighted by atomic mass is 9.93. The van der Waals surface area contributed by atoms with Gasteiger partial charge in [-0.25, -0.2) is 9.36 Å². The number of pyridine rings is 1. The van der Waals surface area contributed by atoms with Crippen LogP contribution in [0.4, 0.5) is 0 Å². The molecule has 0 aromatic carbocycles. The Labute approximate surface area is 157 Å². The van der Waals surface area contributed by atoms with Crippen LogP contribution in [0, 0.1) is 0 Å². The van der Waals surface area contributed by atoms with Crippen LogP contribution in [0.3, 0.4) is 0 Å². The first-order valence-corrected chi connectivity index (χ1v) is 9.43. The molecule has 0 saturated heterocycles. The molecule has 4 rings (SSSR count). The number of hydrogen-bond acceptors (Lipinski definition) is 7. The first-order valence-electron chi connectivity index (χ1n) is 7.84. The fourth-order valence-electron chi connectivity index (χ4n) is 2.90. The second-order valence-electron chi connectivity index (χ2n) is 5.68. The quantitative estimate of drug-likeness (QED) is 0.717. The predicted molar refractivity (Wildman–Crippen MR) is 99.1 cm³/mol. The molecule has 7 nitrogen and oxygen atoms in total. The van der Waals surface area contributed by atoms with Crippen LogP contribution < -0.4 is 15.8 Å².